The first kappa shape index (κ1) is 19.2. The zero-order valence-corrected chi connectivity index (χ0v) is 15.7. The van der Waals surface area contributed by atoms with Crippen LogP contribution in [0.2, 0.25) is 0 Å². The fourth-order valence-electron chi connectivity index (χ4n) is 2.94. The first-order chi connectivity index (χ1) is 11.8. The van der Waals surface area contributed by atoms with Crippen molar-refractivity contribution in [1.29, 1.82) is 0 Å². The van der Waals surface area contributed by atoms with Crippen molar-refractivity contribution in [3.8, 4) is 17.2 Å². The molecular weight excluding hydrogens is 348 g/mol. The lowest BCUT2D eigenvalue weighted by molar-refractivity contribution is 0.197. The Morgan fingerprint density at radius 2 is 1.80 bits per heavy atom. The number of benzene rings is 1. The van der Waals surface area contributed by atoms with E-state index in [2.05, 4.69) is 5.32 Å². The lowest BCUT2D eigenvalue weighted by Crippen LogP contribution is -2.43. The highest BCUT2D eigenvalue weighted by molar-refractivity contribution is 7.91. The molecule has 0 spiro atoms. The average Bonchev–Trinajstić information content (AvgIpc) is 2.94. The predicted octanol–water partition coefficient (Wildman–Crippen LogP) is 1.75. The minimum Gasteiger partial charge on any atom is -0.493 e. The van der Waals surface area contributed by atoms with Gasteiger partial charge in [0.2, 0.25) is 5.75 Å². The number of urea groups is 1. The van der Waals surface area contributed by atoms with Gasteiger partial charge in [0, 0.05) is 24.7 Å². The third-order valence-corrected chi connectivity index (χ3v) is 5.92. The molecule has 1 atom stereocenters. The zero-order valence-electron chi connectivity index (χ0n) is 14.9. The van der Waals surface area contributed by atoms with Gasteiger partial charge in [0.05, 0.1) is 38.5 Å². The van der Waals surface area contributed by atoms with Crippen molar-refractivity contribution in [1.82, 2.24) is 4.90 Å². The molecule has 2 rings (SSSR count). The maximum Gasteiger partial charge on any atom is 0.322 e. The number of amides is 2. The van der Waals surface area contributed by atoms with Gasteiger partial charge in [0.15, 0.2) is 21.3 Å². The van der Waals surface area contributed by atoms with Crippen LogP contribution in [0.1, 0.15) is 13.3 Å². The summed E-state index contributed by atoms with van der Waals surface area (Å²) in [5.41, 5.74) is 0.471. The van der Waals surface area contributed by atoms with Gasteiger partial charge < -0.3 is 24.4 Å². The first-order valence-electron chi connectivity index (χ1n) is 7.93. The van der Waals surface area contributed by atoms with Gasteiger partial charge >= 0.3 is 6.03 Å². The highest BCUT2D eigenvalue weighted by Gasteiger charge is 2.34. The Kier molecular flexibility index (Phi) is 5.99. The molecule has 1 aromatic carbocycles. The van der Waals surface area contributed by atoms with Gasteiger partial charge in [-0.1, -0.05) is 0 Å². The van der Waals surface area contributed by atoms with E-state index in [-0.39, 0.29) is 23.6 Å². The van der Waals surface area contributed by atoms with Crippen molar-refractivity contribution in [2.75, 3.05) is 44.7 Å². The van der Waals surface area contributed by atoms with Crippen LogP contribution < -0.4 is 19.5 Å². The van der Waals surface area contributed by atoms with Crippen LogP contribution in [0, 0.1) is 0 Å². The molecule has 0 aliphatic carbocycles. The van der Waals surface area contributed by atoms with Crippen molar-refractivity contribution in [2.24, 2.45) is 0 Å². The monoisotopic (exact) mass is 372 g/mol. The number of nitrogens with zero attached hydrogens (tertiary/aromatic N) is 1. The van der Waals surface area contributed by atoms with Crippen molar-refractivity contribution in [2.45, 2.75) is 19.4 Å². The van der Waals surface area contributed by atoms with E-state index in [1.807, 2.05) is 6.92 Å². The Labute approximate surface area is 148 Å². The molecule has 9 heteroatoms. The third kappa shape index (κ3) is 4.28. The summed E-state index contributed by atoms with van der Waals surface area (Å²) < 4.78 is 39.1. The van der Waals surface area contributed by atoms with Gasteiger partial charge in [-0.15, -0.1) is 0 Å². The molecule has 1 aliphatic rings. The summed E-state index contributed by atoms with van der Waals surface area (Å²) in [5, 5.41) is 2.77. The molecule has 25 heavy (non-hydrogen) atoms. The summed E-state index contributed by atoms with van der Waals surface area (Å²) in [7, 11) is 1.41. The van der Waals surface area contributed by atoms with Crippen LogP contribution in [0.3, 0.4) is 0 Å². The quantitative estimate of drug-likeness (QED) is 0.818. The summed E-state index contributed by atoms with van der Waals surface area (Å²) in [5.74, 6) is 1.39. The van der Waals surface area contributed by atoms with E-state index in [0.717, 1.165) is 0 Å². The van der Waals surface area contributed by atoms with Crippen LogP contribution >= 0.6 is 0 Å². The van der Waals surface area contributed by atoms with Crippen LogP contribution in [0.5, 0.6) is 17.2 Å². The average molecular weight is 372 g/mol. The van der Waals surface area contributed by atoms with Crippen LogP contribution in [-0.2, 0) is 9.84 Å². The van der Waals surface area contributed by atoms with Crippen LogP contribution in [0.4, 0.5) is 10.5 Å². The molecule has 2 amide bonds. The van der Waals surface area contributed by atoms with E-state index < -0.39 is 9.84 Å². The number of methoxy groups -OCH3 is 3. The highest BCUT2D eigenvalue weighted by Crippen LogP contribution is 2.40. The number of rotatable bonds is 6. The van der Waals surface area contributed by atoms with E-state index in [9.17, 15) is 13.2 Å². The zero-order chi connectivity index (χ0) is 18.6. The second-order valence-corrected chi connectivity index (χ2v) is 7.92. The van der Waals surface area contributed by atoms with E-state index in [1.54, 1.807) is 12.1 Å². The van der Waals surface area contributed by atoms with Crippen LogP contribution in [0.15, 0.2) is 12.1 Å². The fourth-order valence-corrected chi connectivity index (χ4v) is 4.67. The van der Waals surface area contributed by atoms with Crippen LogP contribution in [0.25, 0.3) is 0 Å². The molecule has 0 bridgehead atoms. The van der Waals surface area contributed by atoms with Crippen molar-refractivity contribution < 1.29 is 27.4 Å². The SMILES string of the molecule is CCN(C(=O)Nc1cc(OC)c(OC)c(OC)c1)C1CCS(=O)(=O)C1. The molecule has 1 heterocycles. The number of ether oxygens (including phenoxy) is 3. The first-order valence-corrected chi connectivity index (χ1v) is 9.75. The van der Waals surface area contributed by atoms with E-state index in [4.69, 9.17) is 14.2 Å². The van der Waals surface area contributed by atoms with Crippen molar-refractivity contribution in [3.63, 3.8) is 0 Å². The van der Waals surface area contributed by atoms with Gasteiger partial charge in [-0.2, -0.15) is 0 Å². The fraction of sp³-hybridized carbons (Fsp3) is 0.562. The number of hydrogen-bond acceptors (Lipinski definition) is 6. The number of sulfone groups is 1. The Morgan fingerprint density at radius 3 is 2.20 bits per heavy atom. The maximum atomic E-state index is 12.6. The second-order valence-electron chi connectivity index (χ2n) is 5.69. The molecule has 1 fully saturated rings. The summed E-state index contributed by atoms with van der Waals surface area (Å²) >= 11 is 0. The summed E-state index contributed by atoms with van der Waals surface area (Å²) in [4.78, 5) is 14.1. The lowest BCUT2D eigenvalue weighted by atomic mass is 10.2. The van der Waals surface area contributed by atoms with E-state index >= 15 is 0 Å². The Morgan fingerprint density at radius 1 is 1.20 bits per heavy atom. The molecular formula is C16H24N2O6S. The molecule has 0 saturated carbocycles. The molecule has 1 aliphatic heterocycles. The van der Waals surface area contributed by atoms with Gasteiger partial charge in [0.1, 0.15) is 0 Å². The highest BCUT2D eigenvalue weighted by atomic mass is 32.2. The Balaban J connectivity index is 2.21. The predicted molar refractivity (Wildman–Crippen MR) is 94.6 cm³/mol. The summed E-state index contributed by atoms with van der Waals surface area (Å²) in [6.07, 6.45) is 0.457. The second kappa shape index (κ2) is 7.81. The topological polar surface area (TPSA) is 94.2 Å². The number of carbonyl (C=O) groups is 1. The molecule has 1 saturated heterocycles. The normalized spacial score (nSPS) is 18.5. The molecule has 8 nitrogen and oxygen atoms in total. The third-order valence-electron chi connectivity index (χ3n) is 4.17. The number of carbonyl (C=O) groups excluding carboxylic acids is 1. The minimum absolute atomic E-state index is 0.00349. The molecule has 0 radical (unpaired) electrons. The van der Waals surface area contributed by atoms with Gasteiger partial charge in [-0.25, -0.2) is 13.2 Å². The number of nitrogens with one attached hydrogen (secondary N) is 1. The Bertz CT molecular complexity index is 709. The molecule has 1 unspecified atom stereocenters. The van der Waals surface area contributed by atoms with Gasteiger partial charge in [0.25, 0.3) is 0 Å². The lowest BCUT2D eigenvalue weighted by Gasteiger charge is -2.27. The van der Waals surface area contributed by atoms with Crippen LogP contribution in [-0.4, -0.2) is 64.8 Å². The van der Waals surface area contributed by atoms with E-state index in [1.165, 1.54) is 26.2 Å². The van der Waals surface area contributed by atoms with Crippen molar-refractivity contribution in [3.05, 3.63) is 12.1 Å². The molecule has 1 N–H and O–H groups in total. The molecule has 1 aromatic rings. The molecule has 140 valence electrons. The largest absolute Gasteiger partial charge is 0.493 e. The van der Waals surface area contributed by atoms with Gasteiger partial charge in [-0.05, 0) is 13.3 Å². The van der Waals surface area contributed by atoms with Crippen molar-refractivity contribution >= 4 is 21.6 Å². The molecule has 0 aromatic heterocycles. The standard InChI is InChI=1S/C16H24N2O6S/c1-5-18(12-6-7-25(20,21)10-12)16(19)17-11-8-13(22-2)15(24-4)14(9-11)23-3/h8-9,12H,5-7,10H2,1-4H3,(H,17,19). The van der Waals surface area contributed by atoms with Gasteiger partial charge in [-0.3, -0.25) is 0 Å². The Hall–Kier alpha value is -2.16. The van der Waals surface area contributed by atoms with E-state index in [0.29, 0.717) is 35.9 Å². The smallest absolute Gasteiger partial charge is 0.322 e. The maximum absolute atomic E-state index is 12.6. The number of hydrogen-bond donors (Lipinski definition) is 1. The summed E-state index contributed by atoms with van der Waals surface area (Å²) in [6.45, 7) is 2.23. The summed E-state index contributed by atoms with van der Waals surface area (Å²) in [6, 6.07) is 2.58. The number of anilines is 1. The minimum atomic E-state index is -3.07.